The number of unbranched alkanes of at least 4 members (excludes halogenated alkanes) is 1. The Morgan fingerprint density at radius 1 is 1.30 bits per heavy atom. The van der Waals surface area contributed by atoms with E-state index in [0.29, 0.717) is 19.3 Å². The summed E-state index contributed by atoms with van der Waals surface area (Å²) in [5, 5.41) is 20.9. The normalized spacial score (nSPS) is 31.4. The van der Waals surface area contributed by atoms with Crippen LogP contribution in [-0.2, 0) is 4.79 Å². The lowest BCUT2D eigenvalue weighted by molar-refractivity contribution is -0.117. The van der Waals surface area contributed by atoms with E-state index < -0.39 is 6.10 Å². The molecule has 0 radical (unpaired) electrons. The lowest BCUT2D eigenvalue weighted by Crippen LogP contribution is -2.40. The van der Waals surface area contributed by atoms with Gasteiger partial charge in [-0.05, 0) is 69.6 Å². The highest BCUT2D eigenvalue weighted by atomic mass is 35.5. The van der Waals surface area contributed by atoms with Crippen LogP contribution in [0.1, 0.15) is 78.1 Å². The molecule has 0 aromatic heterocycles. The zero-order valence-electron chi connectivity index (χ0n) is 16.9. The average Bonchev–Trinajstić information content (AvgIpc) is 2.84. The molecule has 0 saturated heterocycles. The molecule has 3 nitrogen and oxygen atoms in total. The summed E-state index contributed by atoms with van der Waals surface area (Å²) in [6, 6.07) is 0. The number of halogens is 1. The van der Waals surface area contributed by atoms with E-state index in [0.717, 1.165) is 38.5 Å². The van der Waals surface area contributed by atoms with Gasteiger partial charge in [0.1, 0.15) is 5.78 Å². The molecule has 0 spiro atoms. The Bertz CT molecular complexity index is 518. The number of alkyl halides is 1. The van der Waals surface area contributed by atoms with Gasteiger partial charge in [0.05, 0.1) is 12.2 Å². The van der Waals surface area contributed by atoms with Crippen molar-refractivity contribution in [3.8, 4) is 0 Å². The van der Waals surface area contributed by atoms with E-state index in [9.17, 15) is 15.0 Å². The maximum absolute atomic E-state index is 11.0. The lowest BCUT2D eigenvalue weighted by Gasteiger charge is -2.45. The topological polar surface area (TPSA) is 57.5 Å². The number of rotatable bonds is 11. The van der Waals surface area contributed by atoms with Crippen LogP contribution >= 0.6 is 11.6 Å². The van der Waals surface area contributed by atoms with Crippen molar-refractivity contribution in [2.75, 3.05) is 0 Å². The largest absolute Gasteiger partial charge is 0.392 e. The molecule has 0 aromatic rings. The van der Waals surface area contributed by atoms with Crippen LogP contribution in [-0.4, -0.2) is 33.6 Å². The van der Waals surface area contributed by atoms with Gasteiger partial charge in [0.25, 0.3) is 0 Å². The van der Waals surface area contributed by atoms with E-state index in [1.807, 2.05) is 0 Å². The van der Waals surface area contributed by atoms with Gasteiger partial charge >= 0.3 is 0 Å². The van der Waals surface area contributed by atoms with Crippen molar-refractivity contribution in [1.29, 1.82) is 0 Å². The molecule has 0 aromatic carbocycles. The summed E-state index contributed by atoms with van der Waals surface area (Å²) in [4.78, 5) is 11.0. The van der Waals surface area contributed by atoms with Crippen LogP contribution in [0.3, 0.4) is 0 Å². The molecule has 2 saturated carbocycles. The Balaban J connectivity index is 1.83. The van der Waals surface area contributed by atoms with Gasteiger partial charge in [-0.3, -0.25) is 0 Å². The zero-order chi connectivity index (χ0) is 19.9. The van der Waals surface area contributed by atoms with E-state index in [1.54, 1.807) is 6.92 Å². The minimum Gasteiger partial charge on any atom is -0.392 e. The standard InChI is InChI=1S/C23H37ClO3/c1-3-23(14-9-15-23)22(27)13-8-12-19-18(20(24)16-21(19)26)11-7-5-4-6-10-17(2)25/h5,7-8,12,18-22,26-27H,3-4,6,9-11,13-16H2,1-2H3/b7-5-,12-8+/t18-,19-,20-,21-,22?/m1/s1. The van der Waals surface area contributed by atoms with Crippen molar-refractivity contribution in [1.82, 2.24) is 0 Å². The highest BCUT2D eigenvalue weighted by molar-refractivity contribution is 6.21. The van der Waals surface area contributed by atoms with Crippen molar-refractivity contribution < 1.29 is 15.0 Å². The minimum absolute atomic E-state index is 0.0185. The van der Waals surface area contributed by atoms with Crippen LogP contribution in [0.15, 0.2) is 24.3 Å². The van der Waals surface area contributed by atoms with Gasteiger partial charge in [-0.25, -0.2) is 0 Å². The van der Waals surface area contributed by atoms with Gasteiger partial charge in [0, 0.05) is 17.7 Å². The molecule has 4 heteroatoms. The molecule has 0 aliphatic heterocycles. The van der Waals surface area contributed by atoms with Gasteiger partial charge in [-0.1, -0.05) is 37.6 Å². The molecule has 27 heavy (non-hydrogen) atoms. The Morgan fingerprint density at radius 3 is 2.63 bits per heavy atom. The third-order valence-corrected chi connectivity index (χ3v) is 7.32. The molecule has 0 bridgehead atoms. The summed E-state index contributed by atoms with van der Waals surface area (Å²) in [6.07, 6.45) is 16.8. The first-order valence-corrected chi connectivity index (χ1v) is 11.1. The minimum atomic E-state index is -0.402. The van der Waals surface area contributed by atoms with Gasteiger partial charge in [-0.2, -0.15) is 0 Å². The Hall–Kier alpha value is -0.640. The fourth-order valence-electron chi connectivity index (χ4n) is 4.67. The second kappa shape index (κ2) is 10.8. The highest BCUT2D eigenvalue weighted by Crippen LogP contribution is 2.48. The third kappa shape index (κ3) is 6.17. The van der Waals surface area contributed by atoms with E-state index in [2.05, 4.69) is 31.2 Å². The fourth-order valence-corrected chi connectivity index (χ4v) is 5.13. The molecule has 2 aliphatic carbocycles. The highest BCUT2D eigenvalue weighted by Gasteiger charge is 2.42. The number of aliphatic hydroxyl groups excluding tert-OH is 2. The number of carbonyl (C=O) groups is 1. The second-order valence-corrected chi connectivity index (χ2v) is 9.17. The monoisotopic (exact) mass is 396 g/mol. The van der Waals surface area contributed by atoms with Crippen LogP contribution in [0, 0.1) is 17.3 Å². The molecular formula is C23H37ClO3. The molecule has 154 valence electrons. The van der Waals surface area contributed by atoms with Crippen molar-refractivity contribution in [2.45, 2.75) is 95.6 Å². The first-order valence-electron chi connectivity index (χ1n) is 10.7. The molecule has 2 fully saturated rings. The molecular weight excluding hydrogens is 360 g/mol. The number of carbonyl (C=O) groups excluding carboxylic acids is 1. The van der Waals surface area contributed by atoms with Gasteiger partial charge in [-0.15, -0.1) is 11.6 Å². The fraction of sp³-hybridized carbons (Fsp3) is 0.783. The quantitative estimate of drug-likeness (QED) is 0.287. The summed E-state index contributed by atoms with van der Waals surface area (Å²) in [6.45, 7) is 3.80. The first kappa shape index (κ1) is 22.6. The SMILES string of the molecule is CCC1(C(O)C/C=C/[C@@H]2[C@@H](C/C=C\CCCC(C)=O)[C@H](Cl)C[C@H]2O)CCC1. The average molecular weight is 397 g/mol. The summed E-state index contributed by atoms with van der Waals surface area (Å²) >= 11 is 6.50. The van der Waals surface area contributed by atoms with Crippen LogP contribution in [0.5, 0.6) is 0 Å². The van der Waals surface area contributed by atoms with Gasteiger partial charge in [0.2, 0.25) is 0 Å². The van der Waals surface area contributed by atoms with E-state index in [4.69, 9.17) is 11.6 Å². The second-order valence-electron chi connectivity index (χ2n) is 8.61. The Labute approximate surface area is 169 Å². The van der Waals surface area contributed by atoms with Crippen LogP contribution in [0.25, 0.3) is 0 Å². The predicted molar refractivity (Wildman–Crippen MR) is 112 cm³/mol. The maximum Gasteiger partial charge on any atom is 0.129 e. The maximum atomic E-state index is 11.0. The van der Waals surface area contributed by atoms with E-state index in [1.165, 1.54) is 6.42 Å². The molecule has 2 N–H and O–H groups in total. The Kier molecular flexibility index (Phi) is 9.04. The number of Topliss-reactive ketones (excluding diaryl/α,β-unsaturated/α-hetero) is 1. The summed E-state index contributed by atoms with van der Waals surface area (Å²) < 4.78 is 0. The van der Waals surface area contributed by atoms with Gasteiger partial charge < -0.3 is 15.0 Å². The van der Waals surface area contributed by atoms with Crippen molar-refractivity contribution in [2.24, 2.45) is 17.3 Å². The summed E-state index contributed by atoms with van der Waals surface area (Å²) in [7, 11) is 0. The zero-order valence-corrected chi connectivity index (χ0v) is 17.7. The van der Waals surface area contributed by atoms with Crippen molar-refractivity contribution in [3.63, 3.8) is 0 Å². The van der Waals surface area contributed by atoms with Crippen molar-refractivity contribution >= 4 is 17.4 Å². The van der Waals surface area contributed by atoms with Crippen LogP contribution in [0.4, 0.5) is 0 Å². The molecule has 1 unspecified atom stereocenters. The molecule has 0 heterocycles. The molecule has 2 aliphatic rings. The van der Waals surface area contributed by atoms with E-state index >= 15 is 0 Å². The van der Waals surface area contributed by atoms with Crippen LogP contribution < -0.4 is 0 Å². The number of hydrogen-bond acceptors (Lipinski definition) is 3. The molecule has 2 rings (SSSR count). The van der Waals surface area contributed by atoms with E-state index in [-0.39, 0.29) is 34.5 Å². The predicted octanol–water partition coefficient (Wildman–Crippen LogP) is 5.18. The van der Waals surface area contributed by atoms with Crippen LogP contribution in [0.2, 0.25) is 0 Å². The summed E-state index contributed by atoms with van der Waals surface area (Å²) in [5.74, 6) is 0.519. The third-order valence-electron chi connectivity index (χ3n) is 6.82. The summed E-state index contributed by atoms with van der Waals surface area (Å²) in [5.41, 5.74) is 0.121. The number of allylic oxidation sites excluding steroid dienone is 2. The molecule has 5 atom stereocenters. The Morgan fingerprint density at radius 2 is 2.04 bits per heavy atom. The number of hydrogen-bond donors (Lipinski definition) is 2. The first-order chi connectivity index (χ1) is 12.9. The lowest BCUT2D eigenvalue weighted by atomic mass is 9.63. The smallest absolute Gasteiger partial charge is 0.129 e. The van der Waals surface area contributed by atoms with Gasteiger partial charge in [0.15, 0.2) is 0 Å². The molecule has 0 amide bonds. The van der Waals surface area contributed by atoms with Crippen molar-refractivity contribution in [3.05, 3.63) is 24.3 Å². The number of aliphatic hydroxyl groups is 2. The number of ketones is 1.